The summed E-state index contributed by atoms with van der Waals surface area (Å²) in [5.41, 5.74) is 5.04. The number of carboxylic acids is 1. The van der Waals surface area contributed by atoms with Crippen LogP contribution in [0.15, 0.2) is 66.9 Å². The lowest BCUT2D eigenvalue weighted by Crippen LogP contribution is -2.09. The van der Waals surface area contributed by atoms with Crippen LogP contribution in [-0.2, 0) is 11.3 Å². The molecule has 0 saturated heterocycles. The summed E-state index contributed by atoms with van der Waals surface area (Å²) in [7, 11) is 0. The zero-order chi connectivity index (χ0) is 24.5. The van der Waals surface area contributed by atoms with E-state index in [4.69, 9.17) is 43.0 Å². The number of hydrogen-bond donors (Lipinski definition) is 2. The monoisotopic (exact) mass is 506 g/mol. The Kier molecular flexibility index (Phi) is 6.19. The van der Waals surface area contributed by atoms with Gasteiger partial charge in [0.2, 0.25) is 0 Å². The minimum atomic E-state index is -1.02. The standard InChI is InChI=1S/C26H20Cl2N4O3/c1-2-32-13-23(19-8-7-17(27)12-20(19)28)31-26(32)25-29-21-9-6-16(11-22(21)30-25)15-4-3-5-18(10-15)35-14-24(33)34/h3-13H,2,14H2,1H3,(H,29,30)(H,33,34). The second kappa shape index (κ2) is 9.44. The van der Waals surface area contributed by atoms with Crippen molar-refractivity contribution in [2.45, 2.75) is 13.5 Å². The SMILES string of the molecule is CCn1cc(-c2ccc(Cl)cc2Cl)nc1-c1nc2ccc(-c3cccc(OCC(=O)O)c3)cc2[nH]1. The minimum Gasteiger partial charge on any atom is -0.482 e. The zero-order valence-corrected chi connectivity index (χ0v) is 20.1. The smallest absolute Gasteiger partial charge is 0.341 e. The number of carboxylic acid groups (broad SMARTS) is 1. The average molecular weight is 507 g/mol. The largest absolute Gasteiger partial charge is 0.482 e. The number of benzene rings is 3. The molecule has 2 aromatic heterocycles. The molecular formula is C26H20Cl2N4O3. The number of ether oxygens (including phenoxy) is 1. The van der Waals surface area contributed by atoms with Crippen molar-refractivity contribution in [3.05, 3.63) is 76.9 Å². The van der Waals surface area contributed by atoms with E-state index >= 15 is 0 Å². The van der Waals surface area contributed by atoms with E-state index in [1.54, 1.807) is 18.2 Å². The van der Waals surface area contributed by atoms with E-state index in [9.17, 15) is 4.79 Å². The molecule has 5 rings (SSSR count). The molecule has 35 heavy (non-hydrogen) atoms. The number of aryl methyl sites for hydroxylation is 1. The van der Waals surface area contributed by atoms with Gasteiger partial charge in [-0.25, -0.2) is 14.8 Å². The number of nitrogens with one attached hydrogen (secondary N) is 1. The number of aromatic amines is 1. The van der Waals surface area contributed by atoms with Gasteiger partial charge in [-0.15, -0.1) is 0 Å². The Morgan fingerprint density at radius 2 is 1.89 bits per heavy atom. The van der Waals surface area contributed by atoms with Crippen LogP contribution >= 0.6 is 23.2 Å². The summed E-state index contributed by atoms with van der Waals surface area (Å²) in [6, 6.07) is 18.6. The third-order valence-electron chi connectivity index (χ3n) is 5.55. The van der Waals surface area contributed by atoms with Gasteiger partial charge in [0.1, 0.15) is 5.75 Å². The average Bonchev–Trinajstić information content (AvgIpc) is 3.46. The molecule has 9 heteroatoms. The molecule has 0 atom stereocenters. The summed E-state index contributed by atoms with van der Waals surface area (Å²) < 4.78 is 7.33. The van der Waals surface area contributed by atoms with Crippen LogP contribution in [0.3, 0.4) is 0 Å². The number of nitrogens with zero attached hydrogens (tertiary/aromatic N) is 3. The Labute approximate surface area is 210 Å². The fourth-order valence-electron chi connectivity index (χ4n) is 3.88. The molecule has 0 radical (unpaired) electrons. The maximum Gasteiger partial charge on any atom is 0.341 e. The van der Waals surface area contributed by atoms with Gasteiger partial charge in [0.25, 0.3) is 0 Å². The summed E-state index contributed by atoms with van der Waals surface area (Å²) >= 11 is 12.5. The predicted molar refractivity (Wildman–Crippen MR) is 137 cm³/mol. The third-order valence-corrected chi connectivity index (χ3v) is 6.10. The van der Waals surface area contributed by atoms with Crippen molar-refractivity contribution in [1.82, 2.24) is 19.5 Å². The Hall–Kier alpha value is -3.81. The van der Waals surface area contributed by atoms with Crippen molar-refractivity contribution in [3.8, 4) is 39.8 Å². The van der Waals surface area contributed by atoms with Crippen LogP contribution in [0.25, 0.3) is 45.1 Å². The molecule has 0 bridgehead atoms. The fourth-order valence-corrected chi connectivity index (χ4v) is 4.38. The van der Waals surface area contributed by atoms with Crippen LogP contribution in [0.1, 0.15) is 6.92 Å². The molecule has 0 saturated carbocycles. The highest BCUT2D eigenvalue weighted by molar-refractivity contribution is 6.36. The first kappa shape index (κ1) is 23.0. The number of aliphatic carboxylic acids is 1. The van der Waals surface area contributed by atoms with Gasteiger partial charge in [-0.1, -0.05) is 41.4 Å². The first-order valence-electron chi connectivity index (χ1n) is 10.9. The van der Waals surface area contributed by atoms with E-state index in [2.05, 4.69) is 4.98 Å². The summed E-state index contributed by atoms with van der Waals surface area (Å²) in [5, 5.41) is 9.96. The normalized spacial score (nSPS) is 11.2. The van der Waals surface area contributed by atoms with Gasteiger partial charge < -0.3 is 19.4 Å². The highest BCUT2D eigenvalue weighted by Crippen LogP contribution is 2.32. The third kappa shape index (κ3) is 4.73. The van der Waals surface area contributed by atoms with Crippen molar-refractivity contribution in [1.29, 1.82) is 0 Å². The van der Waals surface area contributed by atoms with Crippen molar-refractivity contribution in [2.24, 2.45) is 0 Å². The number of carbonyl (C=O) groups is 1. The molecule has 3 aromatic carbocycles. The lowest BCUT2D eigenvalue weighted by Gasteiger charge is -2.06. The highest BCUT2D eigenvalue weighted by Gasteiger charge is 2.16. The van der Waals surface area contributed by atoms with E-state index in [0.29, 0.717) is 34.0 Å². The summed E-state index contributed by atoms with van der Waals surface area (Å²) in [4.78, 5) is 23.7. The molecular weight excluding hydrogens is 487 g/mol. The topological polar surface area (TPSA) is 93.0 Å². The zero-order valence-electron chi connectivity index (χ0n) is 18.6. The van der Waals surface area contributed by atoms with E-state index in [-0.39, 0.29) is 6.61 Å². The van der Waals surface area contributed by atoms with Gasteiger partial charge in [-0.3, -0.25) is 0 Å². The van der Waals surface area contributed by atoms with E-state index in [1.165, 1.54) is 0 Å². The fraction of sp³-hybridized carbons (Fsp3) is 0.115. The number of hydrogen-bond acceptors (Lipinski definition) is 4. The predicted octanol–water partition coefficient (Wildman–Crippen LogP) is 6.55. The molecule has 0 aliphatic heterocycles. The Morgan fingerprint density at radius 1 is 1.06 bits per heavy atom. The van der Waals surface area contributed by atoms with Gasteiger partial charge in [0.05, 0.1) is 21.7 Å². The van der Waals surface area contributed by atoms with Crippen LogP contribution < -0.4 is 4.74 Å². The molecule has 176 valence electrons. The number of rotatable bonds is 7. The van der Waals surface area contributed by atoms with Crippen LogP contribution in [0.5, 0.6) is 5.75 Å². The molecule has 2 heterocycles. The molecule has 0 spiro atoms. The van der Waals surface area contributed by atoms with Crippen molar-refractivity contribution < 1.29 is 14.6 Å². The van der Waals surface area contributed by atoms with Crippen LogP contribution in [0, 0.1) is 0 Å². The van der Waals surface area contributed by atoms with E-state index < -0.39 is 5.97 Å². The Bertz CT molecular complexity index is 1560. The minimum absolute atomic E-state index is 0.389. The lowest BCUT2D eigenvalue weighted by molar-refractivity contribution is -0.139. The van der Waals surface area contributed by atoms with E-state index in [0.717, 1.165) is 33.4 Å². The molecule has 0 aliphatic rings. The Balaban J connectivity index is 1.50. The molecule has 0 aliphatic carbocycles. The number of aromatic nitrogens is 4. The summed E-state index contributed by atoms with van der Waals surface area (Å²) in [6.45, 7) is 2.36. The maximum atomic E-state index is 10.8. The molecule has 0 unspecified atom stereocenters. The van der Waals surface area contributed by atoms with Gasteiger partial charge in [-0.2, -0.15) is 0 Å². The number of imidazole rings is 2. The van der Waals surface area contributed by atoms with Gasteiger partial charge in [-0.05, 0) is 60.5 Å². The van der Waals surface area contributed by atoms with Crippen LogP contribution in [0.4, 0.5) is 0 Å². The quantitative estimate of drug-likeness (QED) is 0.261. The number of fused-ring (bicyclic) bond motifs is 1. The molecule has 5 aromatic rings. The summed E-state index contributed by atoms with van der Waals surface area (Å²) in [6.07, 6.45) is 1.95. The molecule has 0 amide bonds. The van der Waals surface area contributed by atoms with Crippen LogP contribution in [0.2, 0.25) is 10.0 Å². The first-order valence-corrected chi connectivity index (χ1v) is 11.6. The molecule has 7 nitrogen and oxygen atoms in total. The summed E-state index contributed by atoms with van der Waals surface area (Å²) in [5.74, 6) is 0.826. The van der Waals surface area contributed by atoms with Crippen molar-refractivity contribution in [3.63, 3.8) is 0 Å². The van der Waals surface area contributed by atoms with Crippen LogP contribution in [-0.4, -0.2) is 37.2 Å². The number of H-pyrrole nitrogens is 1. The van der Waals surface area contributed by atoms with E-state index in [1.807, 2.05) is 60.2 Å². The van der Waals surface area contributed by atoms with Gasteiger partial charge in [0, 0.05) is 23.3 Å². The molecule has 2 N–H and O–H groups in total. The van der Waals surface area contributed by atoms with Gasteiger partial charge in [0.15, 0.2) is 18.3 Å². The molecule has 0 fully saturated rings. The highest BCUT2D eigenvalue weighted by atomic mass is 35.5. The number of halogens is 2. The van der Waals surface area contributed by atoms with Crippen molar-refractivity contribution >= 4 is 40.2 Å². The lowest BCUT2D eigenvalue weighted by atomic mass is 10.0. The Morgan fingerprint density at radius 3 is 2.66 bits per heavy atom. The van der Waals surface area contributed by atoms with Gasteiger partial charge >= 0.3 is 5.97 Å². The maximum absolute atomic E-state index is 10.8. The second-order valence-electron chi connectivity index (χ2n) is 7.89. The first-order chi connectivity index (χ1) is 16.9. The second-order valence-corrected chi connectivity index (χ2v) is 8.73. The van der Waals surface area contributed by atoms with Crippen molar-refractivity contribution in [2.75, 3.05) is 6.61 Å².